The highest BCUT2D eigenvalue weighted by atomic mass is 32.1. The summed E-state index contributed by atoms with van der Waals surface area (Å²) in [5.74, 6) is 2.90. The molecule has 0 bridgehead atoms. The average molecular weight is 512 g/mol. The van der Waals surface area contributed by atoms with E-state index in [2.05, 4.69) is 29.4 Å². The van der Waals surface area contributed by atoms with Gasteiger partial charge in [0.05, 0.1) is 24.4 Å². The van der Waals surface area contributed by atoms with Gasteiger partial charge in [-0.2, -0.15) is 0 Å². The highest BCUT2D eigenvalue weighted by Gasteiger charge is 2.22. The van der Waals surface area contributed by atoms with Gasteiger partial charge >= 0.3 is 0 Å². The van der Waals surface area contributed by atoms with Crippen molar-refractivity contribution in [2.24, 2.45) is 5.73 Å². The normalized spacial score (nSPS) is 11.9. The van der Waals surface area contributed by atoms with Gasteiger partial charge in [0.1, 0.15) is 17.3 Å². The lowest BCUT2D eigenvalue weighted by Gasteiger charge is -2.15. The molecule has 188 valence electrons. The fourth-order valence-electron chi connectivity index (χ4n) is 4.38. The highest BCUT2D eigenvalue weighted by molar-refractivity contribution is 7.20. The molecule has 1 unspecified atom stereocenters. The summed E-state index contributed by atoms with van der Waals surface area (Å²) in [7, 11) is 3.34. The number of hydrogen-bond acceptors (Lipinski definition) is 8. The maximum absolute atomic E-state index is 6.50. The maximum atomic E-state index is 6.50. The van der Waals surface area contributed by atoms with Crippen LogP contribution in [-0.4, -0.2) is 41.8 Å². The number of benzene rings is 2. The number of hydrogen-bond donors (Lipinski definition) is 2. The van der Waals surface area contributed by atoms with Gasteiger partial charge in [-0.25, -0.2) is 9.97 Å². The summed E-state index contributed by atoms with van der Waals surface area (Å²) in [5.41, 5.74) is 11.4. The van der Waals surface area contributed by atoms with E-state index in [1.807, 2.05) is 48.5 Å². The lowest BCUT2D eigenvalue weighted by Crippen LogP contribution is -2.31. The molecule has 0 aliphatic heterocycles. The van der Waals surface area contributed by atoms with E-state index in [9.17, 15) is 0 Å². The van der Waals surface area contributed by atoms with E-state index in [0.717, 1.165) is 55.5 Å². The van der Waals surface area contributed by atoms with Gasteiger partial charge in [-0.1, -0.05) is 30.3 Å². The number of nitrogens with two attached hydrogens (primary N) is 1. The zero-order chi connectivity index (χ0) is 25.8. The van der Waals surface area contributed by atoms with Crippen LogP contribution in [0, 0.1) is 6.92 Å². The molecule has 0 aliphatic carbocycles. The second-order valence-corrected chi connectivity index (χ2v) is 9.96. The number of ether oxygens (including phenoxy) is 2. The number of aryl methyl sites for hydroxylation is 1. The molecule has 0 saturated heterocycles. The number of rotatable bonds is 9. The third-order valence-electron chi connectivity index (χ3n) is 6.20. The highest BCUT2D eigenvalue weighted by Crippen LogP contribution is 2.45. The van der Waals surface area contributed by atoms with Crippen LogP contribution in [-0.2, 0) is 6.42 Å². The fourth-order valence-corrected chi connectivity index (χ4v) is 5.45. The Labute approximate surface area is 220 Å². The molecule has 5 aromatic rings. The Balaban J connectivity index is 1.60. The summed E-state index contributed by atoms with van der Waals surface area (Å²) >= 11 is 1.66. The van der Waals surface area contributed by atoms with Crippen molar-refractivity contribution in [2.75, 3.05) is 26.1 Å². The molecule has 0 amide bonds. The first-order valence-corrected chi connectivity index (χ1v) is 12.9. The lowest BCUT2D eigenvalue weighted by molar-refractivity contribution is 0.404. The van der Waals surface area contributed by atoms with Gasteiger partial charge in [0.25, 0.3) is 0 Å². The SMILES string of the molecule is COc1ccc(OC)c(-c2c(C)sc3c(NCC(N)Cc4ccccc4)nc(-c4ccncc4)nc23)c1. The minimum atomic E-state index is -0.0733. The number of thiophene rings is 1. The molecule has 3 N–H and O–H groups in total. The van der Waals surface area contributed by atoms with Crippen molar-refractivity contribution < 1.29 is 9.47 Å². The number of nitrogens with zero attached hydrogens (tertiary/aromatic N) is 3. The van der Waals surface area contributed by atoms with Gasteiger partial charge in [-0.15, -0.1) is 11.3 Å². The minimum Gasteiger partial charge on any atom is -0.497 e. The summed E-state index contributed by atoms with van der Waals surface area (Å²) in [6.07, 6.45) is 4.27. The molecule has 0 fully saturated rings. The largest absolute Gasteiger partial charge is 0.497 e. The van der Waals surface area contributed by atoms with Gasteiger partial charge in [0, 0.05) is 46.5 Å². The summed E-state index contributed by atoms with van der Waals surface area (Å²) in [4.78, 5) is 15.2. The quantitative estimate of drug-likeness (QED) is 0.261. The predicted octanol–water partition coefficient (Wildman–Crippen LogP) is 5.73. The molecule has 37 heavy (non-hydrogen) atoms. The lowest BCUT2D eigenvalue weighted by atomic mass is 10.0. The second-order valence-electron chi connectivity index (χ2n) is 8.74. The Kier molecular flexibility index (Phi) is 7.30. The minimum absolute atomic E-state index is 0.0733. The third-order valence-corrected chi connectivity index (χ3v) is 7.30. The van der Waals surface area contributed by atoms with E-state index >= 15 is 0 Å². The first-order chi connectivity index (χ1) is 18.1. The van der Waals surface area contributed by atoms with Crippen molar-refractivity contribution in [3.8, 4) is 34.0 Å². The number of aromatic nitrogens is 3. The smallest absolute Gasteiger partial charge is 0.162 e. The first kappa shape index (κ1) is 24.7. The zero-order valence-electron chi connectivity index (χ0n) is 21.1. The Morgan fingerprint density at radius 3 is 2.49 bits per heavy atom. The second kappa shape index (κ2) is 10.9. The van der Waals surface area contributed by atoms with Crippen molar-refractivity contribution in [2.45, 2.75) is 19.4 Å². The van der Waals surface area contributed by atoms with Gasteiger partial charge in [0.2, 0.25) is 0 Å². The third kappa shape index (κ3) is 5.26. The molecular formula is C29H29N5O2S. The van der Waals surface area contributed by atoms with Crippen LogP contribution in [0.5, 0.6) is 11.5 Å². The van der Waals surface area contributed by atoms with E-state index in [4.69, 9.17) is 25.2 Å². The van der Waals surface area contributed by atoms with Crippen molar-refractivity contribution in [1.29, 1.82) is 0 Å². The van der Waals surface area contributed by atoms with Crippen LogP contribution in [0.25, 0.3) is 32.7 Å². The first-order valence-electron chi connectivity index (χ1n) is 12.0. The van der Waals surface area contributed by atoms with Gasteiger partial charge in [0.15, 0.2) is 5.82 Å². The molecule has 2 aromatic carbocycles. The van der Waals surface area contributed by atoms with Gasteiger partial charge in [-0.05, 0) is 49.2 Å². The molecule has 7 nitrogen and oxygen atoms in total. The fraction of sp³-hybridized carbons (Fsp3) is 0.207. The topological polar surface area (TPSA) is 95.2 Å². The van der Waals surface area contributed by atoms with Crippen LogP contribution in [0.15, 0.2) is 73.1 Å². The monoisotopic (exact) mass is 511 g/mol. The molecule has 8 heteroatoms. The molecule has 0 aliphatic rings. The number of pyridine rings is 1. The molecule has 0 spiro atoms. The van der Waals surface area contributed by atoms with Crippen molar-refractivity contribution in [3.63, 3.8) is 0 Å². The van der Waals surface area contributed by atoms with Crippen LogP contribution < -0.4 is 20.5 Å². The average Bonchev–Trinajstić information content (AvgIpc) is 3.27. The van der Waals surface area contributed by atoms with E-state index in [1.165, 1.54) is 5.56 Å². The number of fused-ring (bicyclic) bond motifs is 1. The van der Waals surface area contributed by atoms with Crippen molar-refractivity contribution in [1.82, 2.24) is 15.0 Å². The molecular weight excluding hydrogens is 482 g/mol. The summed E-state index contributed by atoms with van der Waals surface area (Å²) in [5, 5.41) is 3.52. The molecule has 0 radical (unpaired) electrons. The number of anilines is 1. The summed E-state index contributed by atoms with van der Waals surface area (Å²) in [6, 6.07) is 19.8. The Morgan fingerprint density at radius 1 is 0.973 bits per heavy atom. The molecule has 1 atom stereocenters. The Morgan fingerprint density at radius 2 is 1.76 bits per heavy atom. The van der Waals surface area contributed by atoms with E-state index in [0.29, 0.717) is 12.4 Å². The van der Waals surface area contributed by atoms with Crippen molar-refractivity contribution in [3.05, 3.63) is 83.5 Å². The van der Waals surface area contributed by atoms with E-state index < -0.39 is 0 Å². The Bertz CT molecular complexity index is 1510. The van der Waals surface area contributed by atoms with Crippen LogP contribution in [0.1, 0.15) is 10.4 Å². The molecule has 5 rings (SSSR count). The summed E-state index contributed by atoms with van der Waals surface area (Å²) in [6.45, 7) is 2.67. The van der Waals surface area contributed by atoms with Gasteiger partial charge < -0.3 is 20.5 Å². The molecule has 0 saturated carbocycles. The predicted molar refractivity (Wildman–Crippen MR) is 151 cm³/mol. The van der Waals surface area contributed by atoms with E-state index in [-0.39, 0.29) is 6.04 Å². The van der Waals surface area contributed by atoms with Gasteiger partial charge in [-0.3, -0.25) is 4.98 Å². The van der Waals surface area contributed by atoms with Crippen molar-refractivity contribution >= 4 is 27.4 Å². The number of methoxy groups -OCH3 is 2. The molecule has 3 heterocycles. The Hall–Kier alpha value is -4.01. The zero-order valence-corrected chi connectivity index (χ0v) is 21.9. The van der Waals surface area contributed by atoms with Crippen LogP contribution in [0.2, 0.25) is 0 Å². The van der Waals surface area contributed by atoms with Crippen LogP contribution >= 0.6 is 11.3 Å². The summed E-state index contributed by atoms with van der Waals surface area (Å²) < 4.78 is 12.2. The van der Waals surface area contributed by atoms with Crippen LogP contribution in [0.4, 0.5) is 5.82 Å². The van der Waals surface area contributed by atoms with E-state index in [1.54, 1.807) is 38.0 Å². The maximum Gasteiger partial charge on any atom is 0.162 e. The van der Waals surface area contributed by atoms with Crippen LogP contribution in [0.3, 0.4) is 0 Å². The number of nitrogens with one attached hydrogen (secondary N) is 1. The molecule has 3 aromatic heterocycles. The standard InChI is InChI=1S/C29H29N5O2S/c1-18-25(23-16-22(35-2)9-10-24(23)36-3)26-27(37-18)29(34-28(33-26)20-11-13-31-14-12-20)32-17-21(30)15-19-7-5-4-6-8-19/h4-14,16,21H,15,17,30H2,1-3H3,(H,32,33,34).